The SMILES string of the molecule is C=C(C)C(NCCC)c1ccc2cc(Br)ccc2c1. The molecule has 0 saturated carbocycles. The highest BCUT2D eigenvalue weighted by atomic mass is 79.9. The minimum atomic E-state index is 0.244. The normalized spacial score (nSPS) is 12.6. The van der Waals surface area contributed by atoms with Crippen LogP contribution in [0.4, 0.5) is 0 Å². The molecule has 2 rings (SSSR count). The highest BCUT2D eigenvalue weighted by Gasteiger charge is 2.11. The van der Waals surface area contributed by atoms with Gasteiger partial charge in [-0.3, -0.25) is 0 Å². The van der Waals surface area contributed by atoms with Crippen molar-refractivity contribution in [3.05, 3.63) is 58.6 Å². The minimum Gasteiger partial charge on any atom is -0.307 e. The Morgan fingerprint density at radius 1 is 1.21 bits per heavy atom. The van der Waals surface area contributed by atoms with Crippen molar-refractivity contribution >= 4 is 26.7 Å². The first-order valence-corrected chi connectivity index (χ1v) is 7.49. The molecule has 0 aliphatic rings. The molecule has 0 aliphatic carbocycles. The lowest BCUT2D eigenvalue weighted by Gasteiger charge is -2.19. The van der Waals surface area contributed by atoms with Gasteiger partial charge in [-0.05, 0) is 54.4 Å². The van der Waals surface area contributed by atoms with Gasteiger partial charge in [-0.1, -0.05) is 53.2 Å². The van der Waals surface area contributed by atoms with Crippen LogP contribution in [0.5, 0.6) is 0 Å². The Balaban J connectivity index is 2.37. The molecule has 19 heavy (non-hydrogen) atoms. The summed E-state index contributed by atoms with van der Waals surface area (Å²) in [5, 5.41) is 6.08. The first kappa shape index (κ1) is 14.3. The molecule has 0 bridgehead atoms. The number of hydrogen-bond acceptors (Lipinski definition) is 1. The molecular weight excluding hydrogens is 298 g/mol. The Kier molecular flexibility index (Phi) is 4.78. The monoisotopic (exact) mass is 317 g/mol. The Bertz CT molecular complexity index is 589. The molecule has 1 nitrogen and oxygen atoms in total. The number of benzene rings is 2. The van der Waals surface area contributed by atoms with Crippen molar-refractivity contribution in [2.45, 2.75) is 26.3 Å². The maximum atomic E-state index is 4.11. The van der Waals surface area contributed by atoms with Gasteiger partial charge in [0.1, 0.15) is 0 Å². The summed E-state index contributed by atoms with van der Waals surface area (Å²) in [6.45, 7) is 9.38. The molecule has 0 radical (unpaired) electrons. The third-order valence-electron chi connectivity index (χ3n) is 3.25. The van der Waals surface area contributed by atoms with E-state index in [0.29, 0.717) is 0 Å². The fourth-order valence-electron chi connectivity index (χ4n) is 2.28. The van der Waals surface area contributed by atoms with Crippen LogP contribution in [-0.4, -0.2) is 6.54 Å². The van der Waals surface area contributed by atoms with Crippen molar-refractivity contribution in [1.82, 2.24) is 5.32 Å². The average molecular weight is 318 g/mol. The summed E-state index contributed by atoms with van der Waals surface area (Å²) in [7, 11) is 0. The lowest BCUT2D eigenvalue weighted by molar-refractivity contribution is 0.591. The predicted molar refractivity (Wildman–Crippen MR) is 87.5 cm³/mol. The van der Waals surface area contributed by atoms with Gasteiger partial charge in [0.25, 0.3) is 0 Å². The van der Waals surface area contributed by atoms with Crippen LogP contribution in [0.25, 0.3) is 10.8 Å². The second-order valence-corrected chi connectivity index (χ2v) is 5.90. The third kappa shape index (κ3) is 3.46. The molecule has 0 fully saturated rings. The quantitative estimate of drug-likeness (QED) is 0.745. The van der Waals surface area contributed by atoms with Crippen molar-refractivity contribution in [1.29, 1.82) is 0 Å². The van der Waals surface area contributed by atoms with Crippen LogP contribution in [0.2, 0.25) is 0 Å². The largest absolute Gasteiger partial charge is 0.307 e. The molecule has 0 heterocycles. The first-order valence-electron chi connectivity index (χ1n) is 6.70. The third-order valence-corrected chi connectivity index (χ3v) is 3.74. The second-order valence-electron chi connectivity index (χ2n) is 4.98. The van der Waals surface area contributed by atoms with E-state index < -0.39 is 0 Å². The summed E-state index contributed by atoms with van der Waals surface area (Å²) in [5.74, 6) is 0. The van der Waals surface area contributed by atoms with E-state index in [1.54, 1.807) is 0 Å². The van der Waals surface area contributed by atoms with Crippen molar-refractivity contribution in [2.24, 2.45) is 0 Å². The fourth-order valence-corrected chi connectivity index (χ4v) is 2.66. The van der Waals surface area contributed by atoms with Crippen LogP contribution in [0, 0.1) is 0 Å². The molecule has 0 aliphatic heterocycles. The van der Waals surface area contributed by atoms with Gasteiger partial charge >= 0.3 is 0 Å². The number of hydrogen-bond donors (Lipinski definition) is 1. The maximum Gasteiger partial charge on any atom is 0.0530 e. The van der Waals surface area contributed by atoms with Gasteiger partial charge in [-0.2, -0.15) is 0 Å². The van der Waals surface area contributed by atoms with Crippen LogP contribution in [0.3, 0.4) is 0 Å². The van der Waals surface area contributed by atoms with Gasteiger partial charge in [-0.15, -0.1) is 0 Å². The van der Waals surface area contributed by atoms with Gasteiger partial charge in [0.15, 0.2) is 0 Å². The standard InChI is InChI=1S/C17H20BrN/c1-4-9-19-17(12(2)3)15-6-5-14-11-16(18)8-7-13(14)10-15/h5-8,10-11,17,19H,2,4,9H2,1,3H3. The Morgan fingerprint density at radius 2 is 1.89 bits per heavy atom. The van der Waals surface area contributed by atoms with E-state index >= 15 is 0 Å². The average Bonchev–Trinajstić information content (AvgIpc) is 2.39. The zero-order valence-corrected chi connectivity index (χ0v) is 13.1. The van der Waals surface area contributed by atoms with Crippen molar-refractivity contribution in [3.63, 3.8) is 0 Å². The Hall–Kier alpha value is -1.12. The lowest BCUT2D eigenvalue weighted by Crippen LogP contribution is -2.22. The van der Waals surface area contributed by atoms with E-state index in [0.717, 1.165) is 23.0 Å². The van der Waals surface area contributed by atoms with Gasteiger partial charge in [0.05, 0.1) is 6.04 Å². The molecule has 1 atom stereocenters. The van der Waals surface area contributed by atoms with Gasteiger partial charge in [0.2, 0.25) is 0 Å². The highest BCUT2D eigenvalue weighted by molar-refractivity contribution is 9.10. The molecule has 1 unspecified atom stereocenters. The van der Waals surface area contributed by atoms with Crippen LogP contribution in [0.1, 0.15) is 31.9 Å². The number of rotatable bonds is 5. The van der Waals surface area contributed by atoms with Crippen molar-refractivity contribution < 1.29 is 0 Å². The molecule has 2 heteroatoms. The van der Waals surface area contributed by atoms with Crippen LogP contribution in [-0.2, 0) is 0 Å². The molecule has 0 saturated heterocycles. The molecule has 0 amide bonds. The molecular formula is C17H20BrN. The van der Waals surface area contributed by atoms with Gasteiger partial charge in [-0.25, -0.2) is 0 Å². The zero-order valence-electron chi connectivity index (χ0n) is 11.5. The summed E-state index contributed by atoms with van der Waals surface area (Å²) in [5.41, 5.74) is 2.45. The Labute approximate surface area is 123 Å². The van der Waals surface area contributed by atoms with Crippen molar-refractivity contribution in [2.75, 3.05) is 6.54 Å². The van der Waals surface area contributed by atoms with E-state index in [1.165, 1.54) is 16.3 Å². The van der Waals surface area contributed by atoms with Crippen LogP contribution < -0.4 is 5.32 Å². The topological polar surface area (TPSA) is 12.0 Å². The smallest absolute Gasteiger partial charge is 0.0530 e. The summed E-state index contributed by atoms with van der Waals surface area (Å²) >= 11 is 3.51. The van der Waals surface area contributed by atoms with E-state index in [1.807, 2.05) is 0 Å². The number of fused-ring (bicyclic) bond motifs is 1. The summed E-state index contributed by atoms with van der Waals surface area (Å²) in [6, 6.07) is 13.3. The summed E-state index contributed by atoms with van der Waals surface area (Å²) < 4.78 is 1.12. The fraction of sp³-hybridized carbons (Fsp3) is 0.294. The van der Waals surface area contributed by atoms with Crippen molar-refractivity contribution in [3.8, 4) is 0 Å². The van der Waals surface area contributed by atoms with Gasteiger partial charge < -0.3 is 5.32 Å². The highest BCUT2D eigenvalue weighted by Crippen LogP contribution is 2.26. The van der Waals surface area contributed by atoms with E-state index in [4.69, 9.17) is 0 Å². The lowest BCUT2D eigenvalue weighted by atomic mass is 9.98. The van der Waals surface area contributed by atoms with Crippen LogP contribution >= 0.6 is 15.9 Å². The molecule has 2 aromatic carbocycles. The molecule has 2 aromatic rings. The maximum absolute atomic E-state index is 4.11. The Morgan fingerprint density at radius 3 is 2.58 bits per heavy atom. The zero-order chi connectivity index (χ0) is 13.8. The van der Waals surface area contributed by atoms with E-state index in [9.17, 15) is 0 Å². The predicted octanol–water partition coefficient (Wildman–Crippen LogP) is 5.22. The minimum absolute atomic E-state index is 0.244. The first-order chi connectivity index (χ1) is 9.11. The van der Waals surface area contributed by atoms with E-state index in [-0.39, 0.29) is 6.04 Å². The molecule has 1 N–H and O–H groups in total. The summed E-state index contributed by atoms with van der Waals surface area (Å²) in [6.07, 6.45) is 1.13. The van der Waals surface area contributed by atoms with Crippen LogP contribution in [0.15, 0.2) is 53.0 Å². The summed E-state index contributed by atoms with van der Waals surface area (Å²) in [4.78, 5) is 0. The molecule has 100 valence electrons. The van der Waals surface area contributed by atoms with Gasteiger partial charge in [0, 0.05) is 4.47 Å². The molecule has 0 aromatic heterocycles. The number of nitrogens with one attached hydrogen (secondary N) is 1. The number of halogens is 1. The van der Waals surface area contributed by atoms with E-state index in [2.05, 4.69) is 78.1 Å². The molecule has 0 spiro atoms. The second kappa shape index (κ2) is 6.36.